The number of hydrogen-bond acceptors (Lipinski definition) is 6. The van der Waals surface area contributed by atoms with E-state index in [1.165, 1.54) is 17.8 Å². The molecular weight excluding hydrogens is 320 g/mol. The van der Waals surface area contributed by atoms with Gasteiger partial charge in [0.25, 0.3) is 0 Å². The van der Waals surface area contributed by atoms with Gasteiger partial charge in [-0.15, -0.1) is 11.8 Å². The summed E-state index contributed by atoms with van der Waals surface area (Å²) in [7, 11) is 0. The van der Waals surface area contributed by atoms with Crippen LogP contribution in [0.15, 0.2) is 54.1 Å². The molecule has 2 aromatic heterocycles. The van der Waals surface area contributed by atoms with E-state index in [1.807, 2.05) is 41.1 Å². The van der Waals surface area contributed by atoms with E-state index < -0.39 is 0 Å². The van der Waals surface area contributed by atoms with Gasteiger partial charge in [0.1, 0.15) is 23.0 Å². The fourth-order valence-electron chi connectivity index (χ4n) is 2.12. The van der Waals surface area contributed by atoms with Gasteiger partial charge in [-0.1, -0.05) is 12.1 Å². The normalized spacial score (nSPS) is 10.1. The van der Waals surface area contributed by atoms with Gasteiger partial charge in [0.2, 0.25) is 0 Å². The molecule has 0 amide bonds. The van der Waals surface area contributed by atoms with Gasteiger partial charge in [0, 0.05) is 23.8 Å². The Balaban J connectivity index is 1.76. The average Bonchev–Trinajstić information content (AvgIpc) is 3.15. The molecule has 3 aromatic rings. The molecule has 0 aliphatic rings. The van der Waals surface area contributed by atoms with Crippen LogP contribution in [0.3, 0.4) is 0 Å². The number of anilines is 1. The van der Waals surface area contributed by atoms with E-state index in [0.717, 1.165) is 11.3 Å². The van der Waals surface area contributed by atoms with Crippen LogP contribution in [0.25, 0.3) is 5.69 Å². The van der Waals surface area contributed by atoms with Crippen molar-refractivity contribution in [1.29, 1.82) is 10.5 Å². The van der Waals surface area contributed by atoms with Crippen molar-refractivity contribution in [2.45, 2.75) is 10.8 Å². The topological polar surface area (TPSA) is 104 Å². The summed E-state index contributed by atoms with van der Waals surface area (Å²) in [4.78, 5) is 8.20. The van der Waals surface area contributed by atoms with Crippen LogP contribution < -0.4 is 5.73 Å². The van der Waals surface area contributed by atoms with Gasteiger partial charge in [-0.05, 0) is 23.8 Å². The van der Waals surface area contributed by atoms with Crippen molar-refractivity contribution in [3.05, 3.63) is 65.7 Å². The van der Waals surface area contributed by atoms with Crippen molar-refractivity contribution in [3.63, 3.8) is 0 Å². The molecule has 0 saturated carbocycles. The Hall–Kier alpha value is -3.29. The van der Waals surface area contributed by atoms with Gasteiger partial charge >= 0.3 is 0 Å². The number of nitrogens with two attached hydrogens (primary N) is 1. The van der Waals surface area contributed by atoms with E-state index in [4.69, 9.17) is 11.0 Å². The number of pyridine rings is 1. The third-order valence-corrected chi connectivity index (χ3v) is 4.43. The van der Waals surface area contributed by atoms with Gasteiger partial charge in [-0.2, -0.15) is 10.5 Å². The standard InChI is InChI=1S/C17H12N6S/c18-8-13-7-14(9-19)17(22-16(13)20)24-10-12-1-3-15(4-2-12)23-6-5-21-11-23/h1-7,11H,10H2,(H2,20,22). The van der Waals surface area contributed by atoms with E-state index in [2.05, 4.69) is 16.0 Å². The second-order valence-corrected chi connectivity index (χ2v) is 5.89. The summed E-state index contributed by atoms with van der Waals surface area (Å²) in [6.45, 7) is 0. The SMILES string of the molecule is N#Cc1cc(C#N)c(SCc2ccc(-n3ccnc3)cc2)nc1N. The summed E-state index contributed by atoms with van der Waals surface area (Å²) in [5.41, 5.74) is 8.44. The first-order chi connectivity index (χ1) is 11.7. The van der Waals surface area contributed by atoms with E-state index in [-0.39, 0.29) is 11.4 Å². The molecule has 0 aliphatic carbocycles. The zero-order chi connectivity index (χ0) is 16.9. The highest BCUT2D eigenvalue weighted by atomic mass is 32.2. The van der Waals surface area contributed by atoms with E-state index in [9.17, 15) is 5.26 Å². The lowest BCUT2D eigenvalue weighted by atomic mass is 10.2. The van der Waals surface area contributed by atoms with E-state index >= 15 is 0 Å². The van der Waals surface area contributed by atoms with Crippen LogP contribution in [0.4, 0.5) is 5.82 Å². The molecule has 7 heteroatoms. The van der Waals surface area contributed by atoms with Crippen molar-refractivity contribution in [1.82, 2.24) is 14.5 Å². The van der Waals surface area contributed by atoms with Crippen LogP contribution in [-0.4, -0.2) is 14.5 Å². The molecule has 0 atom stereocenters. The number of hydrogen-bond donors (Lipinski definition) is 1. The number of thioether (sulfide) groups is 1. The van der Waals surface area contributed by atoms with Gasteiger partial charge < -0.3 is 10.3 Å². The Labute approximate surface area is 143 Å². The van der Waals surface area contributed by atoms with Gasteiger partial charge in [0.05, 0.1) is 17.5 Å². The molecule has 0 fully saturated rings. The number of aromatic nitrogens is 3. The minimum absolute atomic E-state index is 0.148. The molecule has 0 radical (unpaired) electrons. The summed E-state index contributed by atoms with van der Waals surface area (Å²) < 4.78 is 1.92. The first kappa shape index (κ1) is 15.6. The van der Waals surface area contributed by atoms with Crippen LogP contribution in [0.2, 0.25) is 0 Å². The van der Waals surface area contributed by atoms with E-state index in [0.29, 0.717) is 16.3 Å². The maximum atomic E-state index is 9.21. The van der Waals surface area contributed by atoms with Gasteiger partial charge in [-0.3, -0.25) is 0 Å². The van der Waals surface area contributed by atoms with Crippen molar-refractivity contribution >= 4 is 17.6 Å². The molecule has 0 aliphatic heterocycles. The molecule has 24 heavy (non-hydrogen) atoms. The molecule has 0 unspecified atom stereocenters. The molecule has 0 spiro atoms. The molecular formula is C17H12N6S. The molecule has 0 saturated heterocycles. The van der Waals surface area contributed by atoms with Crippen LogP contribution in [0.5, 0.6) is 0 Å². The minimum Gasteiger partial charge on any atom is -0.383 e. The lowest BCUT2D eigenvalue weighted by Gasteiger charge is -2.07. The maximum absolute atomic E-state index is 9.21. The monoisotopic (exact) mass is 332 g/mol. The van der Waals surface area contributed by atoms with Crippen LogP contribution in [-0.2, 0) is 5.75 Å². The fourth-order valence-corrected chi connectivity index (χ4v) is 3.04. The number of nitrogen functional groups attached to an aromatic ring is 1. The first-order valence-electron chi connectivity index (χ1n) is 7.02. The average molecular weight is 332 g/mol. The van der Waals surface area contributed by atoms with Gasteiger partial charge in [-0.25, -0.2) is 9.97 Å². The number of nitrogens with zero attached hydrogens (tertiary/aromatic N) is 5. The number of benzene rings is 1. The summed E-state index contributed by atoms with van der Waals surface area (Å²) in [5, 5.41) is 18.7. The van der Waals surface area contributed by atoms with Crippen molar-refractivity contribution in [3.8, 4) is 17.8 Å². The molecule has 3 rings (SSSR count). The van der Waals surface area contributed by atoms with Crippen molar-refractivity contribution < 1.29 is 0 Å². The Morgan fingerprint density at radius 1 is 1.12 bits per heavy atom. The second kappa shape index (κ2) is 6.86. The predicted molar refractivity (Wildman–Crippen MR) is 91.2 cm³/mol. The summed E-state index contributed by atoms with van der Waals surface area (Å²) in [6.07, 6.45) is 5.35. The highest BCUT2D eigenvalue weighted by Crippen LogP contribution is 2.27. The van der Waals surface area contributed by atoms with Crippen LogP contribution in [0.1, 0.15) is 16.7 Å². The Morgan fingerprint density at radius 3 is 2.50 bits per heavy atom. The lowest BCUT2D eigenvalue weighted by Crippen LogP contribution is -1.99. The van der Waals surface area contributed by atoms with Crippen LogP contribution in [0, 0.1) is 22.7 Å². The quantitative estimate of drug-likeness (QED) is 0.737. The maximum Gasteiger partial charge on any atom is 0.142 e. The van der Waals surface area contributed by atoms with E-state index in [1.54, 1.807) is 12.5 Å². The second-order valence-electron chi connectivity index (χ2n) is 4.92. The van der Waals surface area contributed by atoms with Crippen LogP contribution >= 0.6 is 11.8 Å². The fraction of sp³-hybridized carbons (Fsp3) is 0.0588. The third-order valence-electron chi connectivity index (χ3n) is 3.37. The molecule has 2 N–H and O–H groups in total. The highest BCUT2D eigenvalue weighted by Gasteiger charge is 2.10. The zero-order valence-corrected chi connectivity index (χ0v) is 13.4. The Morgan fingerprint density at radius 2 is 1.88 bits per heavy atom. The molecule has 1 aromatic carbocycles. The first-order valence-corrected chi connectivity index (χ1v) is 8.00. The predicted octanol–water partition coefficient (Wildman–Crippen LogP) is 2.89. The Kier molecular flexibility index (Phi) is 4.46. The number of rotatable bonds is 4. The number of imidazole rings is 1. The largest absolute Gasteiger partial charge is 0.383 e. The Bertz CT molecular complexity index is 933. The molecule has 6 nitrogen and oxygen atoms in total. The number of nitriles is 2. The highest BCUT2D eigenvalue weighted by molar-refractivity contribution is 7.98. The smallest absolute Gasteiger partial charge is 0.142 e. The zero-order valence-electron chi connectivity index (χ0n) is 12.5. The van der Waals surface area contributed by atoms with Crippen molar-refractivity contribution in [2.75, 3.05) is 5.73 Å². The minimum atomic E-state index is 0.148. The van der Waals surface area contributed by atoms with Gasteiger partial charge in [0.15, 0.2) is 0 Å². The summed E-state index contributed by atoms with van der Waals surface area (Å²) >= 11 is 1.42. The third kappa shape index (κ3) is 3.22. The van der Waals surface area contributed by atoms with Crippen molar-refractivity contribution in [2.24, 2.45) is 0 Å². The summed E-state index contributed by atoms with van der Waals surface area (Å²) in [5.74, 6) is 0.798. The molecule has 2 heterocycles. The molecule has 116 valence electrons. The molecule has 0 bridgehead atoms. The lowest BCUT2D eigenvalue weighted by molar-refractivity contribution is 1.05. The summed E-state index contributed by atoms with van der Waals surface area (Å²) in [6, 6.07) is 13.5.